The second-order valence-electron chi connectivity index (χ2n) is 5.15. The van der Waals surface area contributed by atoms with Gasteiger partial charge in [-0.15, -0.1) is 0 Å². The molecule has 1 aliphatic heterocycles. The first-order chi connectivity index (χ1) is 9.31. The summed E-state index contributed by atoms with van der Waals surface area (Å²) in [6.45, 7) is 4.24. The summed E-state index contributed by atoms with van der Waals surface area (Å²) < 4.78 is 0. The Bertz CT molecular complexity index is 529. The first-order valence-electron chi connectivity index (χ1n) is 6.86. The van der Waals surface area contributed by atoms with Crippen LogP contribution in [0.2, 0.25) is 0 Å². The van der Waals surface area contributed by atoms with Gasteiger partial charge in [0.2, 0.25) is 0 Å². The van der Waals surface area contributed by atoms with Crippen LogP contribution in [0.3, 0.4) is 0 Å². The van der Waals surface area contributed by atoms with Crippen LogP contribution in [0.5, 0.6) is 0 Å². The van der Waals surface area contributed by atoms with Crippen molar-refractivity contribution < 1.29 is 0 Å². The first kappa shape index (κ1) is 12.3. The third kappa shape index (κ3) is 2.98. The Labute approximate surface area is 112 Å². The maximum Gasteiger partial charge on any atom is 0.156 e. The fraction of sp³-hybridized carbons (Fsp3) is 0.500. The highest BCUT2D eigenvalue weighted by molar-refractivity contribution is 5.49. The largest absolute Gasteiger partial charge is 0.343 e. The lowest BCUT2D eigenvalue weighted by atomic mass is 9.94. The second kappa shape index (κ2) is 5.48. The zero-order valence-corrected chi connectivity index (χ0v) is 11.2. The standard InChI is InChI=1S/C14H19N5/c1-10-8-12(14-16-6-7-17-14)19-13(18-10)9-11-2-4-15-5-3-11/h6-8,11,15H,2-5,9H2,1H3,(H,16,17). The quantitative estimate of drug-likeness (QED) is 0.878. The molecule has 19 heavy (non-hydrogen) atoms. The highest BCUT2D eigenvalue weighted by Crippen LogP contribution is 2.18. The van der Waals surface area contributed by atoms with Gasteiger partial charge in [0.25, 0.3) is 0 Å². The van der Waals surface area contributed by atoms with E-state index in [1.807, 2.05) is 19.2 Å². The van der Waals surface area contributed by atoms with Gasteiger partial charge in [0.1, 0.15) is 11.5 Å². The van der Waals surface area contributed by atoms with Gasteiger partial charge in [-0.1, -0.05) is 0 Å². The topological polar surface area (TPSA) is 66.5 Å². The van der Waals surface area contributed by atoms with Crippen LogP contribution in [0.15, 0.2) is 18.5 Å². The van der Waals surface area contributed by atoms with Gasteiger partial charge in [-0.05, 0) is 44.8 Å². The molecule has 0 atom stereocenters. The number of nitrogens with zero attached hydrogens (tertiary/aromatic N) is 3. The number of piperidine rings is 1. The molecule has 1 aliphatic rings. The molecule has 0 aliphatic carbocycles. The molecule has 0 radical (unpaired) electrons. The van der Waals surface area contributed by atoms with Gasteiger partial charge >= 0.3 is 0 Å². The number of aromatic amines is 1. The van der Waals surface area contributed by atoms with E-state index < -0.39 is 0 Å². The Morgan fingerprint density at radius 1 is 1.26 bits per heavy atom. The van der Waals surface area contributed by atoms with Crippen molar-refractivity contribution in [3.8, 4) is 11.5 Å². The number of aryl methyl sites for hydroxylation is 1. The monoisotopic (exact) mass is 257 g/mol. The number of rotatable bonds is 3. The number of H-pyrrole nitrogens is 1. The molecule has 2 aromatic heterocycles. The molecule has 100 valence electrons. The Kier molecular flexibility index (Phi) is 3.55. The van der Waals surface area contributed by atoms with Gasteiger partial charge in [-0.3, -0.25) is 0 Å². The predicted molar refractivity (Wildman–Crippen MR) is 73.6 cm³/mol. The molecule has 0 bridgehead atoms. The number of hydrogen-bond acceptors (Lipinski definition) is 4. The number of nitrogens with one attached hydrogen (secondary N) is 2. The summed E-state index contributed by atoms with van der Waals surface area (Å²) in [5.74, 6) is 2.46. The minimum Gasteiger partial charge on any atom is -0.343 e. The van der Waals surface area contributed by atoms with Crippen LogP contribution in [0.1, 0.15) is 24.4 Å². The predicted octanol–water partition coefficient (Wildman–Crippen LogP) is 1.72. The lowest BCUT2D eigenvalue weighted by molar-refractivity contribution is 0.367. The van der Waals surface area contributed by atoms with Gasteiger partial charge in [-0.2, -0.15) is 0 Å². The van der Waals surface area contributed by atoms with Crippen LogP contribution in [0, 0.1) is 12.8 Å². The van der Waals surface area contributed by atoms with Crippen molar-refractivity contribution >= 4 is 0 Å². The average molecular weight is 257 g/mol. The van der Waals surface area contributed by atoms with E-state index in [1.165, 1.54) is 12.8 Å². The van der Waals surface area contributed by atoms with Crippen LogP contribution in [-0.2, 0) is 6.42 Å². The summed E-state index contributed by atoms with van der Waals surface area (Å²) in [7, 11) is 0. The molecule has 0 amide bonds. The zero-order valence-electron chi connectivity index (χ0n) is 11.2. The third-order valence-electron chi connectivity index (χ3n) is 3.57. The molecule has 3 heterocycles. The van der Waals surface area contributed by atoms with Gasteiger partial charge in [0, 0.05) is 24.5 Å². The molecule has 5 nitrogen and oxygen atoms in total. The molecule has 2 N–H and O–H groups in total. The molecule has 0 aromatic carbocycles. The third-order valence-corrected chi connectivity index (χ3v) is 3.57. The summed E-state index contributed by atoms with van der Waals surface area (Å²) in [6, 6.07) is 1.98. The molecule has 1 fully saturated rings. The molecule has 0 spiro atoms. The molecule has 2 aromatic rings. The molecule has 1 saturated heterocycles. The van der Waals surface area contributed by atoms with E-state index in [1.54, 1.807) is 6.20 Å². The van der Waals surface area contributed by atoms with Crippen LogP contribution < -0.4 is 5.32 Å². The Morgan fingerprint density at radius 3 is 2.84 bits per heavy atom. The molecule has 0 unspecified atom stereocenters. The van der Waals surface area contributed by atoms with Crippen molar-refractivity contribution in [1.82, 2.24) is 25.3 Å². The van der Waals surface area contributed by atoms with Crippen molar-refractivity contribution in [2.24, 2.45) is 5.92 Å². The van der Waals surface area contributed by atoms with Crippen LogP contribution in [0.25, 0.3) is 11.5 Å². The molecule has 5 heteroatoms. The highest BCUT2D eigenvalue weighted by atomic mass is 15.0. The minimum atomic E-state index is 0.701. The van der Waals surface area contributed by atoms with Gasteiger partial charge in [0.05, 0.1) is 0 Å². The lowest BCUT2D eigenvalue weighted by Gasteiger charge is -2.21. The molecular weight excluding hydrogens is 238 g/mol. The van der Waals surface area contributed by atoms with Crippen molar-refractivity contribution in [3.63, 3.8) is 0 Å². The summed E-state index contributed by atoms with van der Waals surface area (Å²) in [4.78, 5) is 16.6. The molecule has 3 rings (SSSR count). The Hall–Kier alpha value is -1.75. The van der Waals surface area contributed by atoms with Gasteiger partial charge in [-0.25, -0.2) is 15.0 Å². The Morgan fingerprint density at radius 2 is 2.11 bits per heavy atom. The van der Waals surface area contributed by atoms with Gasteiger partial charge in [0.15, 0.2) is 5.82 Å². The van der Waals surface area contributed by atoms with Crippen molar-refractivity contribution in [1.29, 1.82) is 0 Å². The summed E-state index contributed by atoms with van der Waals surface area (Å²) in [6.07, 6.45) is 6.97. The average Bonchev–Trinajstić information content (AvgIpc) is 2.93. The SMILES string of the molecule is Cc1cc(-c2ncc[nH]2)nc(CC2CCNCC2)n1. The van der Waals surface area contributed by atoms with Crippen LogP contribution >= 0.6 is 0 Å². The highest BCUT2D eigenvalue weighted by Gasteiger charge is 2.16. The van der Waals surface area contributed by atoms with Crippen LogP contribution in [-0.4, -0.2) is 33.0 Å². The van der Waals surface area contributed by atoms with E-state index in [2.05, 4.69) is 25.3 Å². The van der Waals surface area contributed by atoms with E-state index in [-0.39, 0.29) is 0 Å². The molecule has 0 saturated carbocycles. The van der Waals surface area contributed by atoms with E-state index in [9.17, 15) is 0 Å². The summed E-state index contributed by atoms with van der Waals surface area (Å²) in [5, 5.41) is 3.39. The van der Waals surface area contributed by atoms with Crippen molar-refractivity contribution in [2.75, 3.05) is 13.1 Å². The number of hydrogen-bond donors (Lipinski definition) is 2. The Balaban J connectivity index is 1.81. The van der Waals surface area contributed by atoms with Crippen molar-refractivity contribution in [3.05, 3.63) is 30.0 Å². The number of imidazole rings is 1. The smallest absolute Gasteiger partial charge is 0.156 e. The summed E-state index contributed by atoms with van der Waals surface area (Å²) in [5.41, 5.74) is 1.90. The van der Waals surface area contributed by atoms with E-state index in [0.717, 1.165) is 42.5 Å². The van der Waals surface area contributed by atoms with E-state index in [0.29, 0.717) is 5.92 Å². The van der Waals surface area contributed by atoms with Crippen LogP contribution in [0.4, 0.5) is 0 Å². The van der Waals surface area contributed by atoms with Crippen molar-refractivity contribution in [2.45, 2.75) is 26.2 Å². The lowest BCUT2D eigenvalue weighted by Crippen LogP contribution is -2.29. The molecular formula is C14H19N5. The van der Waals surface area contributed by atoms with E-state index >= 15 is 0 Å². The zero-order chi connectivity index (χ0) is 13.1. The van der Waals surface area contributed by atoms with Gasteiger partial charge < -0.3 is 10.3 Å². The maximum absolute atomic E-state index is 4.64. The number of aromatic nitrogens is 4. The fourth-order valence-corrected chi connectivity index (χ4v) is 2.59. The second-order valence-corrected chi connectivity index (χ2v) is 5.15. The maximum atomic E-state index is 4.64. The summed E-state index contributed by atoms with van der Waals surface area (Å²) >= 11 is 0. The minimum absolute atomic E-state index is 0.701. The van der Waals surface area contributed by atoms with E-state index in [4.69, 9.17) is 0 Å². The fourth-order valence-electron chi connectivity index (χ4n) is 2.59. The first-order valence-corrected chi connectivity index (χ1v) is 6.86. The normalized spacial score (nSPS) is 16.7.